The zero-order chi connectivity index (χ0) is 16.6. The van der Waals surface area contributed by atoms with E-state index in [0.717, 1.165) is 0 Å². The van der Waals surface area contributed by atoms with Crippen LogP contribution in [-0.2, 0) is 19.5 Å². The standard InChI is InChI=1S/C13H20ClNO6S/c1-18-4-5-21-6-7-22(16,17)15-11-9-12(19-2)10(14)8-13(11)20-3/h8-9,15H,4-7H2,1-3H3. The Balaban J connectivity index is 2.75. The van der Waals surface area contributed by atoms with E-state index >= 15 is 0 Å². The van der Waals surface area contributed by atoms with Gasteiger partial charge in [0.2, 0.25) is 10.0 Å². The average molecular weight is 354 g/mol. The lowest BCUT2D eigenvalue weighted by atomic mass is 10.3. The molecule has 9 heteroatoms. The quantitative estimate of drug-likeness (QED) is 0.645. The average Bonchev–Trinajstić information content (AvgIpc) is 2.48. The monoisotopic (exact) mass is 353 g/mol. The molecule has 7 nitrogen and oxygen atoms in total. The van der Waals surface area contributed by atoms with Crippen LogP contribution in [0.3, 0.4) is 0 Å². The summed E-state index contributed by atoms with van der Waals surface area (Å²) in [7, 11) is 0.817. The summed E-state index contributed by atoms with van der Waals surface area (Å²) in [5.74, 6) is 0.455. The van der Waals surface area contributed by atoms with Gasteiger partial charge in [-0.2, -0.15) is 0 Å². The van der Waals surface area contributed by atoms with E-state index in [0.29, 0.717) is 29.7 Å². The van der Waals surface area contributed by atoms with Crippen molar-refractivity contribution in [3.8, 4) is 11.5 Å². The minimum Gasteiger partial charge on any atom is -0.495 e. The van der Waals surface area contributed by atoms with Gasteiger partial charge in [-0.1, -0.05) is 11.6 Å². The molecule has 0 heterocycles. The van der Waals surface area contributed by atoms with Crippen molar-refractivity contribution in [2.45, 2.75) is 0 Å². The van der Waals surface area contributed by atoms with Crippen LogP contribution < -0.4 is 14.2 Å². The van der Waals surface area contributed by atoms with Crippen LogP contribution in [0.1, 0.15) is 0 Å². The molecular formula is C13H20ClNO6S. The highest BCUT2D eigenvalue weighted by Crippen LogP contribution is 2.36. The third-order valence-corrected chi connectivity index (χ3v) is 4.20. The number of benzene rings is 1. The molecule has 1 rings (SSSR count). The first-order valence-electron chi connectivity index (χ1n) is 6.42. The predicted octanol–water partition coefficient (Wildman–Crippen LogP) is 1.76. The van der Waals surface area contributed by atoms with Gasteiger partial charge < -0.3 is 18.9 Å². The Kier molecular flexibility index (Phi) is 7.74. The number of hydrogen-bond donors (Lipinski definition) is 1. The maximum atomic E-state index is 12.0. The lowest BCUT2D eigenvalue weighted by Crippen LogP contribution is -2.21. The van der Waals surface area contributed by atoms with Crippen molar-refractivity contribution < 1.29 is 27.4 Å². The smallest absolute Gasteiger partial charge is 0.235 e. The molecule has 126 valence electrons. The minimum atomic E-state index is -3.59. The molecule has 0 saturated carbocycles. The fraction of sp³-hybridized carbons (Fsp3) is 0.538. The van der Waals surface area contributed by atoms with Crippen LogP contribution in [0.25, 0.3) is 0 Å². The van der Waals surface area contributed by atoms with Crippen LogP contribution >= 0.6 is 11.6 Å². The molecule has 22 heavy (non-hydrogen) atoms. The third kappa shape index (κ3) is 5.88. The maximum Gasteiger partial charge on any atom is 0.235 e. The fourth-order valence-corrected chi connectivity index (χ4v) is 2.74. The van der Waals surface area contributed by atoms with Gasteiger partial charge in [-0.05, 0) is 0 Å². The fourth-order valence-electron chi connectivity index (χ4n) is 1.57. The summed E-state index contributed by atoms with van der Waals surface area (Å²) < 4.78 is 46.6. The normalized spacial score (nSPS) is 11.3. The van der Waals surface area contributed by atoms with Crippen LogP contribution in [0.15, 0.2) is 12.1 Å². The van der Waals surface area contributed by atoms with Crippen LogP contribution in [0.4, 0.5) is 5.69 Å². The molecule has 0 bridgehead atoms. The van der Waals surface area contributed by atoms with Gasteiger partial charge in [-0.25, -0.2) is 8.42 Å². The van der Waals surface area contributed by atoms with Gasteiger partial charge in [0.1, 0.15) is 11.5 Å². The molecule has 1 N–H and O–H groups in total. The van der Waals surface area contributed by atoms with E-state index in [4.69, 9.17) is 30.5 Å². The van der Waals surface area contributed by atoms with Gasteiger partial charge in [0.05, 0.1) is 50.5 Å². The Morgan fingerprint density at radius 1 is 1.05 bits per heavy atom. The molecule has 0 aliphatic carbocycles. The number of hydrogen-bond acceptors (Lipinski definition) is 6. The van der Waals surface area contributed by atoms with E-state index in [1.807, 2.05) is 0 Å². The van der Waals surface area contributed by atoms with Gasteiger partial charge in [0, 0.05) is 19.2 Å². The Bertz CT molecular complexity index is 578. The highest BCUT2D eigenvalue weighted by atomic mass is 35.5. The molecule has 1 aromatic rings. The predicted molar refractivity (Wildman–Crippen MR) is 84.7 cm³/mol. The first-order chi connectivity index (χ1) is 10.4. The molecule has 0 saturated heterocycles. The van der Waals surface area contributed by atoms with Crippen molar-refractivity contribution in [1.29, 1.82) is 0 Å². The number of nitrogens with one attached hydrogen (secondary N) is 1. The van der Waals surface area contributed by atoms with E-state index in [1.54, 1.807) is 7.11 Å². The highest BCUT2D eigenvalue weighted by Gasteiger charge is 2.16. The largest absolute Gasteiger partial charge is 0.495 e. The summed E-state index contributed by atoms with van der Waals surface area (Å²) in [4.78, 5) is 0. The number of sulfonamides is 1. The Morgan fingerprint density at radius 3 is 2.32 bits per heavy atom. The summed E-state index contributed by atoms with van der Waals surface area (Å²) >= 11 is 5.97. The number of halogens is 1. The molecule has 0 aliphatic heterocycles. The van der Waals surface area contributed by atoms with Crippen molar-refractivity contribution in [3.63, 3.8) is 0 Å². The first kappa shape index (κ1) is 18.8. The van der Waals surface area contributed by atoms with E-state index < -0.39 is 10.0 Å². The van der Waals surface area contributed by atoms with Gasteiger partial charge in [0.25, 0.3) is 0 Å². The molecule has 0 amide bonds. The van der Waals surface area contributed by atoms with Crippen LogP contribution in [0, 0.1) is 0 Å². The van der Waals surface area contributed by atoms with Crippen LogP contribution in [-0.4, -0.2) is 55.3 Å². The molecule has 0 unspecified atom stereocenters. The van der Waals surface area contributed by atoms with E-state index in [2.05, 4.69) is 4.72 Å². The van der Waals surface area contributed by atoms with Crippen LogP contribution in [0.5, 0.6) is 11.5 Å². The zero-order valence-electron chi connectivity index (χ0n) is 12.7. The Hall–Kier alpha value is -1.22. The van der Waals surface area contributed by atoms with Crippen molar-refractivity contribution >= 4 is 27.3 Å². The lowest BCUT2D eigenvalue weighted by Gasteiger charge is -2.14. The Labute approximate surface area is 135 Å². The molecule has 0 radical (unpaired) electrons. The first-order valence-corrected chi connectivity index (χ1v) is 8.45. The Morgan fingerprint density at radius 2 is 1.73 bits per heavy atom. The molecule has 0 atom stereocenters. The highest BCUT2D eigenvalue weighted by molar-refractivity contribution is 7.92. The third-order valence-electron chi connectivity index (χ3n) is 2.67. The number of ether oxygens (including phenoxy) is 4. The molecule has 0 spiro atoms. The van der Waals surface area contributed by atoms with Gasteiger partial charge in [0.15, 0.2) is 0 Å². The van der Waals surface area contributed by atoms with E-state index in [-0.39, 0.29) is 18.0 Å². The lowest BCUT2D eigenvalue weighted by molar-refractivity contribution is 0.0785. The summed E-state index contributed by atoms with van der Waals surface area (Å²) in [6.07, 6.45) is 0. The second kappa shape index (κ2) is 9.04. The minimum absolute atomic E-state index is 0.0612. The van der Waals surface area contributed by atoms with E-state index in [9.17, 15) is 8.42 Å². The van der Waals surface area contributed by atoms with Gasteiger partial charge in [-0.3, -0.25) is 4.72 Å². The van der Waals surface area contributed by atoms with Crippen molar-refractivity contribution in [2.24, 2.45) is 0 Å². The molecule has 0 aromatic heterocycles. The van der Waals surface area contributed by atoms with Crippen molar-refractivity contribution in [2.75, 3.05) is 51.6 Å². The number of rotatable bonds is 10. The second-order valence-corrected chi connectivity index (χ2v) is 6.46. The number of methoxy groups -OCH3 is 3. The summed E-state index contributed by atoms with van der Waals surface area (Å²) in [6, 6.07) is 2.94. The van der Waals surface area contributed by atoms with Crippen LogP contribution in [0.2, 0.25) is 5.02 Å². The second-order valence-electron chi connectivity index (χ2n) is 4.21. The van der Waals surface area contributed by atoms with E-state index in [1.165, 1.54) is 26.4 Å². The molecule has 0 fully saturated rings. The molecular weight excluding hydrogens is 334 g/mol. The van der Waals surface area contributed by atoms with Gasteiger partial charge >= 0.3 is 0 Å². The SMILES string of the molecule is COCCOCCS(=O)(=O)Nc1cc(OC)c(Cl)cc1OC. The topological polar surface area (TPSA) is 83.1 Å². The molecule has 0 aliphatic rings. The van der Waals surface area contributed by atoms with Crippen molar-refractivity contribution in [1.82, 2.24) is 0 Å². The number of anilines is 1. The van der Waals surface area contributed by atoms with Gasteiger partial charge in [-0.15, -0.1) is 0 Å². The molecule has 1 aromatic carbocycles. The summed E-state index contributed by atoms with van der Waals surface area (Å²) in [6.45, 7) is 0.811. The zero-order valence-corrected chi connectivity index (χ0v) is 14.3. The summed E-state index contributed by atoms with van der Waals surface area (Å²) in [5, 5.41) is 0.324. The maximum absolute atomic E-state index is 12.0. The van der Waals surface area contributed by atoms with Crippen molar-refractivity contribution in [3.05, 3.63) is 17.2 Å². The summed E-state index contributed by atoms with van der Waals surface area (Å²) in [5.41, 5.74) is 0.251.